The lowest BCUT2D eigenvalue weighted by Crippen LogP contribution is -2.23. The number of nitrogens with two attached hydrogens (primary N) is 1. The summed E-state index contributed by atoms with van der Waals surface area (Å²) in [6.07, 6.45) is -4.78. The Bertz CT molecular complexity index is 383. The van der Waals surface area contributed by atoms with Gasteiger partial charge in [-0.3, -0.25) is 4.74 Å². The van der Waals surface area contributed by atoms with Gasteiger partial charge in [-0.25, -0.2) is 0 Å². The maximum Gasteiger partial charge on any atom is 0.522 e. The quantitative estimate of drug-likeness (QED) is 0.837. The van der Waals surface area contributed by atoms with E-state index in [-0.39, 0.29) is 11.3 Å². The van der Waals surface area contributed by atoms with Crippen molar-refractivity contribution in [3.8, 4) is 5.75 Å². The maximum absolute atomic E-state index is 11.9. The minimum atomic E-state index is -4.78. The first kappa shape index (κ1) is 14.7. The van der Waals surface area contributed by atoms with Gasteiger partial charge in [0.15, 0.2) is 0 Å². The monoisotopic (exact) mass is 271 g/mol. The van der Waals surface area contributed by atoms with Crippen molar-refractivity contribution in [3.05, 3.63) is 29.8 Å². The summed E-state index contributed by atoms with van der Waals surface area (Å²) in [7, 11) is 0. The van der Waals surface area contributed by atoms with E-state index in [2.05, 4.69) is 9.47 Å². The summed E-state index contributed by atoms with van der Waals surface area (Å²) in [5.74, 6) is -0.176. The summed E-state index contributed by atoms with van der Waals surface area (Å²) in [5, 5.41) is 0. The molecule has 0 saturated heterocycles. The van der Waals surface area contributed by atoms with E-state index in [1.165, 1.54) is 18.2 Å². The van der Waals surface area contributed by atoms with Crippen LogP contribution >= 0.6 is 0 Å². The molecule has 1 atom stereocenters. The van der Waals surface area contributed by atoms with Gasteiger partial charge in [0.2, 0.25) is 0 Å². The van der Waals surface area contributed by atoms with Gasteiger partial charge in [-0.05, 0) is 17.7 Å². The van der Waals surface area contributed by atoms with E-state index >= 15 is 0 Å². The average molecular weight is 271 g/mol. The number of ether oxygens (including phenoxy) is 2. The molecule has 3 nitrogen and oxygen atoms in total. The molecule has 18 heavy (non-hydrogen) atoms. The van der Waals surface area contributed by atoms with Crippen molar-refractivity contribution in [2.75, 3.05) is 6.61 Å². The fourth-order valence-electron chi connectivity index (χ4n) is 1.20. The molecule has 0 saturated carbocycles. The van der Waals surface area contributed by atoms with Gasteiger partial charge in [0, 0.05) is 0 Å². The molecule has 102 valence electrons. The van der Waals surface area contributed by atoms with Crippen LogP contribution in [0.15, 0.2) is 24.3 Å². The topological polar surface area (TPSA) is 44.5 Å². The van der Waals surface area contributed by atoms with Crippen molar-refractivity contribution >= 4 is 0 Å². The summed E-state index contributed by atoms with van der Waals surface area (Å²) in [5.41, 5.74) is 5.64. The zero-order valence-electron chi connectivity index (χ0n) is 8.95. The highest BCUT2D eigenvalue weighted by molar-refractivity contribution is 5.30. The van der Waals surface area contributed by atoms with Gasteiger partial charge < -0.3 is 10.5 Å². The van der Waals surface area contributed by atoms with E-state index < -0.39 is 25.6 Å². The molecule has 0 fully saturated rings. The van der Waals surface area contributed by atoms with Crippen LogP contribution in [0.4, 0.5) is 22.0 Å². The van der Waals surface area contributed by atoms with Crippen LogP contribution in [0.2, 0.25) is 0 Å². The summed E-state index contributed by atoms with van der Waals surface area (Å²) in [6, 6.07) is 4.03. The molecule has 2 N–H and O–H groups in total. The molecular formula is C10H10F5NO2. The second kappa shape index (κ2) is 5.96. The van der Waals surface area contributed by atoms with Gasteiger partial charge in [0.05, 0.1) is 12.6 Å². The Morgan fingerprint density at radius 3 is 2.44 bits per heavy atom. The lowest BCUT2D eigenvalue weighted by Gasteiger charge is -2.15. The lowest BCUT2D eigenvalue weighted by atomic mass is 10.1. The summed E-state index contributed by atoms with van der Waals surface area (Å²) < 4.78 is 66.9. The molecule has 0 amide bonds. The first-order valence-corrected chi connectivity index (χ1v) is 4.79. The number of hydrogen-bond donors (Lipinski definition) is 1. The second-order valence-corrected chi connectivity index (χ2v) is 3.31. The van der Waals surface area contributed by atoms with Crippen LogP contribution in [0.25, 0.3) is 0 Å². The SMILES string of the molecule is N[C@@H](COC(F)(F)F)c1cccc(OC(F)F)c1. The van der Waals surface area contributed by atoms with Crippen molar-refractivity contribution in [2.45, 2.75) is 19.0 Å². The Hall–Kier alpha value is -1.41. The Balaban J connectivity index is 2.65. The van der Waals surface area contributed by atoms with Crippen LogP contribution in [0.1, 0.15) is 11.6 Å². The molecule has 0 heterocycles. The Labute approximate surface area is 99.3 Å². The molecule has 0 aromatic heterocycles. The maximum atomic E-state index is 11.9. The normalized spacial score (nSPS) is 13.7. The molecule has 0 unspecified atom stereocenters. The highest BCUT2D eigenvalue weighted by Crippen LogP contribution is 2.22. The Morgan fingerprint density at radius 2 is 1.89 bits per heavy atom. The fourth-order valence-corrected chi connectivity index (χ4v) is 1.20. The van der Waals surface area contributed by atoms with Crippen molar-refractivity contribution in [1.82, 2.24) is 0 Å². The lowest BCUT2D eigenvalue weighted by molar-refractivity contribution is -0.326. The van der Waals surface area contributed by atoms with Gasteiger partial charge in [0.1, 0.15) is 5.75 Å². The molecule has 0 spiro atoms. The summed E-state index contributed by atoms with van der Waals surface area (Å²) in [6.45, 7) is -3.82. The largest absolute Gasteiger partial charge is 0.522 e. The highest BCUT2D eigenvalue weighted by Gasteiger charge is 2.30. The first-order chi connectivity index (χ1) is 8.28. The molecule has 0 aliphatic heterocycles. The molecular weight excluding hydrogens is 261 g/mol. The molecule has 0 radical (unpaired) electrons. The van der Waals surface area contributed by atoms with Gasteiger partial charge in [-0.1, -0.05) is 12.1 Å². The minimum Gasteiger partial charge on any atom is -0.435 e. The fraction of sp³-hybridized carbons (Fsp3) is 0.400. The third-order valence-electron chi connectivity index (χ3n) is 1.94. The smallest absolute Gasteiger partial charge is 0.435 e. The van der Waals surface area contributed by atoms with E-state index in [4.69, 9.17) is 5.73 Å². The Kier molecular flexibility index (Phi) is 4.85. The van der Waals surface area contributed by atoms with Gasteiger partial charge in [-0.15, -0.1) is 13.2 Å². The van der Waals surface area contributed by atoms with Crippen LogP contribution in [0, 0.1) is 0 Å². The Morgan fingerprint density at radius 1 is 1.22 bits per heavy atom. The number of halogens is 5. The number of benzene rings is 1. The van der Waals surface area contributed by atoms with E-state index in [1.54, 1.807) is 0 Å². The van der Waals surface area contributed by atoms with Gasteiger partial charge >= 0.3 is 13.0 Å². The number of rotatable bonds is 5. The molecule has 0 bridgehead atoms. The van der Waals surface area contributed by atoms with Crippen LogP contribution in [0.5, 0.6) is 5.75 Å². The van der Waals surface area contributed by atoms with Crippen LogP contribution in [0.3, 0.4) is 0 Å². The van der Waals surface area contributed by atoms with Crippen LogP contribution in [-0.4, -0.2) is 19.6 Å². The van der Waals surface area contributed by atoms with Crippen molar-refractivity contribution in [3.63, 3.8) is 0 Å². The predicted molar refractivity (Wildman–Crippen MR) is 52.0 cm³/mol. The van der Waals surface area contributed by atoms with E-state index in [0.717, 1.165) is 6.07 Å². The summed E-state index contributed by atoms with van der Waals surface area (Å²) in [4.78, 5) is 0. The van der Waals surface area contributed by atoms with Gasteiger partial charge in [-0.2, -0.15) is 8.78 Å². The van der Waals surface area contributed by atoms with Crippen LogP contribution in [-0.2, 0) is 4.74 Å². The van der Waals surface area contributed by atoms with E-state index in [1.807, 2.05) is 0 Å². The molecule has 1 aromatic rings. The summed E-state index contributed by atoms with van der Waals surface area (Å²) >= 11 is 0. The predicted octanol–water partition coefficient (Wildman–Crippen LogP) is 2.82. The van der Waals surface area contributed by atoms with Crippen LogP contribution < -0.4 is 10.5 Å². The zero-order valence-corrected chi connectivity index (χ0v) is 8.95. The second-order valence-electron chi connectivity index (χ2n) is 3.31. The molecule has 1 aromatic carbocycles. The highest BCUT2D eigenvalue weighted by atomic mass is 19.4. The standard InChI is InChI=1S/C10H10F5NO2/c11-9(12)18-7-3-1-2-6(4-7)8(16)5-17-10(13,14)15/h1-4,8-9H,5,16H2/t8-/m0/s1. The third kappa shape index (κ3) is 5.28. The molecule has 8 heteroatoms. The zero-order chi connectivity index (χ0) is 13.8. The molecule has 0 aliphatic rings. The van der Waals surface area contributed by atoms with Crippen molar-refractivity contribution in [1.29, 1.82) is 0 Å². The third-order valence-corrected chi connectivity index (χ3v) is 1.94. The number of alkyl halides is 5. The minimum absolute atomic E-state index is 0.176. The molecule has 1 rings (SSSR count). The van der Waals surface area contributed by atoms with E-state index in [9.17, 15) is 22.0 Å². The molecule has 0 aliphatic carbocycles. The average Bonchev–Trinajstić information content (AvgIpc) is 2.24. The number of hydrogen-bond acceptors (Lipinski definition) is 3. The first-order valence-electron chi connectivity index (χ1n) is 4.79. The van der Waals surface area contributed by atoms with E-state index in [0.29, 0.717) is 0 Å². The van der Waals surface area contributed by atoms with Gasteiger partial charge in [0.25, 0.3) is 0 Å². The van der Waals surface area contributed by atoms with Crippen molar-refractivity contribution < 1.29 is 31.4 Å². The van der Waals surface area contributed by atoms with Crippen molar-refractivity contribution in [2.24, 2.45) is 5.73 Å².